The topological polar surface area (TPSA) is 63.6 Å². The van der Waals surface area contributed by atoms with Crippen LogP contribution in [0.3, 0.4) is 0 Å². The number of ketones is 1. The molecule has 3 unspecified atom stereocenters. The maximum Gasteiger partial charge on any atom is 0.346 e. The third-order valence-corrected chi connectivity index (χ3v) is 5.56. The fraction of sp³-hybridized carbons (Fsp3) is 0.444. The van der Waals surface area contributed by atoms with E-state index in [1.165, 1.54) is 0 Å². The zero-order valence-corrected chi connectivity index (χ0v) is 14.0. The van der Waals surface area contributed by atoms with Crippen molar-refractivity contribution >= 4 is 23.5 Å². The van der Waals surface area contributed by atoms with Gasteiger partial charge in [0.2, 0.25) is 0 Å². The van der Waals surface area contributed by atoms with Gasteiger partial charge in [-0.1, -0.05) is 37.3 Å². The normalized spacial score (nSPS) is 27.7. The van der Waals surface area contributed by atoms with Crippen molar-refractivity contribution in [3.63, 3.8) is 0 Å². The number of carbonyl (C=O) groups is 2. The van der Waals surface area contributed by atoms with E-state index >= 15 is 0 Å². The van der Waals surface area contributed by atoms with Crippen LogP contribution in [-0.2, 0) is 14.3 Å². The summed E-state index contributed by atoms with van der Waals surface area (Å²) in [5.41, 5.74) is 0.969. The maximum absolute atomic E-state index is 12.6. The highest BCUT2D eigenvalue weighted by atomic mass is 32.2. The number of thioether (sulfide) groups is 1. The molecule has 5 heteroatoms. The van der Waals surface area contributed by atoms with Crippen molar-refractivity contribution < 1.29 is 19.4 Å². The summed E-state index contributed by atoms with van der Waals surface area (Å²) in [6.45, 7) is 2.00. The number of hydrogen-bond acceptors (Lipinski definition) is 5. The molecule has 0 spiro atoms. The van der Waals surface area contributed by atoms with Crippen LogP contribution in [0.1, 0.15) is 31.2 Å². The van der Waals surface area contributed by atoms with Gasteiger partial charge in [-0.25, -0.2) is 4.79 Å². The van der Waals surface area contributed by atoms with Crippen molar-refractivity contribution in [3.05, 3.63) is 47.2 Å². The van der Waals surface area contributed by atoms with Crippen LogP contribution in [0, 0.1) is 5.92 Å². The number of cyclic esters (lactones) is 1. The van der Waals surface area contributed by atoms with E-state index in [1.807, 2.05) is 43.5 Å². The molecule has 122 valence electrons. The van der Waals surface area contributed by atoms with E-state index < -0.39 is 12.1 Å². The Morgan fingerprint density at radius 2 is 2.09 bits per heavy atom. The van der Waals surface area contributed by atoms with E-state index in [4.69, 9.17) is 4.74 Å². The smallest absolute Gasteiger partial charge is 0.346 e. The van der Waals surface area contributed by atoms with E-state index in [1.54, 1.807) is 11.8 Å². The average Bonchev–Trinajstić information content (AvgIpc) is 3.30. The molecule has 1 aliphatic carbocycles. The Balaban J connectivity index is 1.73. The van der Waals surface area contributed by atoms with Crippen molar-refractivity contribution in [3.8, 4) is 0 Å². The van der Waals surface area contributed by atoms with E-state index in [0.717, 1.165) is 12.0 Å². The Kier molecular flexibility index (Phi) is 4.48. The highest BCUT2D eigenvalue weighted by Crippen LogP contribution is 2.49. The predicted molar refractivity (Wildman–Crippen MR) is 89.4 cm³/mol. The molecule has 1 saturated carbocycles. The summed E-state index contributed by atoms with van der Waals surface area (Å²) in [6.07, 6.45) is 2.52. The van der Waals surface area contributed by atoms with Crippen LogP contribution in [0.4, 0.5) is 0 Å². The third kappa shape index (κ3) is 3.15. The number of rotatable bonds is 6. The van der Waals surface area contributed by atoms with Crippen molar-refractivity contribution in [1.29, 1.82) is 0 Å². The lowest BCUT2D eigenvalue weighted by atomic mass is 10.0. The lowest BCUT2D eigenvalue weighted by Gasteiger charge is -2.13. The second-order valence-corrected chi connectivity index (χ2v) is 7.44. The Labute approximate surface area is 139 Å². The lowest BCUT2D eigenvalue weighted by molar-refractivity contribution is -0.141. The van der Waals surface area contributed by atoms with Crippen LogP contribution in [-0.4, -0.2) is 34.5 Å². The van der Waals surface area contributed by atoms with Gasteiger partial charge in [-0.15, -0.1) is 0 Å². The minimum Gasteiger partial charge on any atom is -0.507 e. The van der Waals surface area contributed by atoms with Crippen molar-refractivity contribution in [2.45, 2.75) is 37.0 Å². The van der Waals surface area contributed by atoms with Gasteiger partial charge in [0.25, 0.3) is 0 Å². The van der Waals surface area contributed by atoms with Gasteiger partial charge in [0, 0.05) is 17.6 Å². The van der Waals surface area contributed by atoms with Crippen LogP contribution in [0.2, 0.25) is 0 Å². The summed E-state index contributed by atoms with van der Waals surface area (Å²) >= 11 is 1.63. The Hall–Kier alpha value is -1.75. The maximum atomic E-state index is 12.6. The molecule has 2 aliphatic rings. The highest BCUT2D eigenvalue weighted by Gasteiger charge is 2.49. The number of benzene rings is 1. The molecule has 4 atom stereocenters. The predicted octanol–water partition coefficient (Wildman–Crippen LogP) is 3.24. The number of aliphatic hydroxyl groups is 1. The SMILES string of the molecule is CSC(C)CC1OC(=O)C(C(=O)[C@@H]2CC2c2ccccc2)=C1O. The van der Waals surface area contributed by atoms with E-state index in [-0.39, 0.29) is 34.2 Å². The average molecular weight is 332 g/mol. The summed E-state index contributed by atoms with van der Waals surface area (Å²) in [5, 5.41) is 10.5. The van der Waals surface area contributed by atoms with Gasteiger partial charge < -0.3 is 9.84 Å². The first-order valence-corrected chi connectivity index (χ1v) is 9.07. The molecule has 0 bridgehead atoms. The highest BCUT2D eigenvalue weighted by molar-refractivity contribution is 7.99. The quantitative estimate of drug-likeness (QED) is 0.640. The minimum absolute atomic E-state index is 0.133. The molecule has 0 aromatic heterocycles. The van der Waals surface area contributed by atoms with Crippen LogP contribution >= 0.6 is 11.8 Å². The number of hydrogen-bond donors (Lipinski definition) is 1. The van der Waals surface area contributed by atoms with Crippen molar-refractivity contribution in [1.82, 2.24) is 0 Å². The summed E-state index contributed by atoms with van der Waals surface area (Å²) < 4.78 is 5.20. The molecule has 0 amide bonds. The first-order valence-electron chi connectivity index (χ1n) is 7.79. The number of Topliss-reactive ketones (excluding diaryl/α,β-unsaturated/α-hetero) is 1. The second-order valence-electron chi connectivity index (χ2n) is 6.16. The van der Waals surface area contributed by atoms with E-state index in [0.29, 0.717) is 6.42 Å². The van der Waals surface area contributed by atoms with Gasteiger partial charge in [-0.05, 0) is 24.2 Å². The Bertz CT molecular complexity index is 652. The molecule has 1 aliphatic heterocycles. The first-order chi connectivity index (χ1) is 11.0. The number of ether oxygens (including phenoxy) is 1. The molecular formula is C18H20O4S. The Morgan fingerprint density at radius 1 is 1.39 bits per heavy atom. The monoisotopic (exact) mass is 332 g/mol. The fourth-order valence-corrected chi connectivity index (χ4v) is 3.40. The van der Waals surface area contributed by atoms with E-state index in [9.17, 15) is 14.7 Å². The molecule has 1 heterocycles. The number of aliphatic hydroxyl groups excluding tert-OH is 1. The molecule has 3 rings (SSSR count). The number of carbonyl (C=O) groups excluding carboxylic acids is 2. The largest absolute Gasteiger partial charge is 0.507 e. The first kappa shape index (κ1) is 16.1. The van der Waals surface area contributed by atoms with Crippen LogP contribution in [0.25, 0.3) is 0 Å². The second kappa shape index (κ2) is 6.40. The summed E-state index contributed by atoms with van der Waals surface area (Å²) in [5.74, 6) is -1.22. The lowest BCUT2D eigenvalue weighted by Crippen LogP contribution is -2.16. The standard InChI is InChI=1S/C18H20O4S/c1-10(23-2)8-14-17(20)15(18(21)22-14)16(19)13-9-12(13)11-6-4-3-5-7-11/h3-7,10,12-14,20H,8-9H2,1-2H3/t10?,12?,13-,14?/m1/s1. The summed E-state index contributed by atoms with van der Waals surface area (Å²) in [7, 11) is 0. The zero-order chi connectivity index (χ0) is 16.6. The van der Waals surface area contributed by atoms with Gasteiger partial charge in [-0.2, -0.15) is 11.8 Å². The third-order valence-electron chi connectivity index (χ3n) is 4.56. The van der Waals surface area contributed by atoms with Gasteiger partial charge in [-0.3, -0.25) is 4.79 Å². The minimum atomic E-state index is -0.683. The van der Waals surface area contributed by atoms with Crippen LogP contribution in [0.15, 0.2) is 41.7 Å². The molecule has 1 aromatic carbocycles. The van der Waals surface area contributed by atoms with Gasteiger partial charge in [0.05, 0.1) is 0 Å². The summed E-state index contributed by atoms with van der Waals surface area (Å²) in [6, 6.07) is 9.79. The van der Waals surface area contributed by atoms with E-state index in [2.05, 4.69) is 0 Å². The molecule has 1 aromatic rings. The Morgan fingerprint density at radius 3 is 2.74 bits per heavy atom. The molecule has 1 fully saturated rings. The molecule has 1 N–H and O–H groups in total. The molecule has 4 nitrogen and oxygen atoms in total. The summed E-state index contributed by atoms with van der Waals surface area (Å²) in [4.78, 5) is 24.6. The van der Waals surface area contributed by atoms with Crippen LogP contribution < -0.4 is 0 Å². The van der Waals surface area contributed by atoms with Crippen molar-refractivity contribution in [2.75, 3.05) is 6.26 Å². The van der Waals surface area contributed by atoms with Crippen LogP contribution in [0.5, 0.6) is 0 Å². The molecule has 0 saturated heterocycles. The molecule has 23 heavy (non-hydrogen) atoms. The zero-order valence-electron chi connectivity index (χ0n) is 13.2. The number of esters is 1. The van der Waals surface area contributed by atoms with Gasteiger partial charge in [0.1, 0.15) is 5.57 Å². The molecule has 0 radical (unpaired) electrons. The van der Waals surface area contributed by atoms with Gasteiger partial charge in [0.15, 0.2) is 17.6 Å². The fourth-order valence-electron chi connectivity index (χ4n) is 3.03. The molecular weight excluding hydrogens is 312 g/mol. The van der Waals surface area contributed by atoms with Crippen molar-refractivity contribution in [2.24, 2.45) is 5.92 Å². The van der Waals surface area contributed by atoms with Gasteiger partial charge >= 0.3 is 5.97 Å².